The standard InChI is InChI=1S/C21H29N5O3S/c1-14-4-7-18(12-15(14)2)30(28,29)25(3)13-19(27)26-10-8-17(9-11-26)21-22-20(23-24-21)16-5-6-16/h4,7,12,16-17H,5-6,8-11,13H2,1-3H3,(H,22,23,24). The highest BCUT2D eigenvalue weighted by atomic mass is 32.2. The lowest BCUT2D eigenvalue weighted by atomic mass is 9.96. The number of aromatic nitrogens is 3. The highest BCUT2D eigenvalue weighted by Gasteiger charge is 2.31. The molecule has 2 fully saturated rings. The first kappa shape index (κ1) is 21.0. The van der Waals surface area contributed by atoms with Crippen LogP contribution in [-0.4, -0.2) is 65.4 Å². The van der Waals surface area contributed by atoms with E-state index in [1.165, 1.54) is 19.9 Å². The number of benzene rings is 1. The van der Waals surface area contributed by atoms with Crippen LogP contribution in [0.5, 0.6) is 0 Å². The number of H-pyrrole nitrogens is 1. The Morgan fingerprint density at radius 3 is 2.47 bits per heavy atom. The zero-order valence-electron chi connectivity index (χ0n) is 17.8. The molecule has 2 aromatic rings. The van der Waals surface area contributed by atoms with Gasteiger partial charge in [0.15, 0.2) is 5.82 Å². The molecular formula is C21H29N5O3S. The van der Waals surface area contributed by atoms with Gasteiger partial charge >= 0.3 is 0 Å². The second kappa shape index (κ2) is 8.11. The third-order valence-corrected chi connectivity index (χ3v) is 8.04. The number of hydrogen-bond acceptors (Lipinski definition) is 5. The number of amides is 1. The van der Waals surface area contributed by atoms with Crippen LogP contribution in [0.3, 0.4) is 0 Å². The molecule has 0 unspecified atom stereocenters. The van der Waals surface area contributed by atoms with Crippen molar-refractivity contribution < 1.29 is 13.2 Å². The summed E-state index contributed by atoms with van der Waals surface area (Å²) in [6, 6.07) is 5.04. The van der Waals surface area contributed by atoms with Crippen LogP contribution in [0.15, 0.2) is 23.1 Å². The van der Waals surface area contributed by atoms with Gasteiger partial charge in [-0.25, -0.2) is 13.4 Å². The number of rotatable bonds is 6. The summed E-state index contributed by atoms with van der Waals surface area (Å²) in [7, 11) is -2.24. The van der Waals surface area contributed by atoms with Gasteiger partial charge in [0.25, 0.3) is 0 Å². The van der Waals surface area contributed by atoms with Gasteiger partial charge in [-0.15, -0.1) is 0 Å². The summed E-state index contributed by atoms with van der Waals surface area (Å²) in [5, 5.41) is 7.39. The van der Waals surface area contributed by atoms with Gasteiger partial charge in [-0.05, 0) is 62.8 Å². The Morgan fingerprint density at radius 2 is 1.83 bits per heavy atom. The predicted octanol–water partition coefficient (Wildman–Crippen LogP) is 2.33. The molecule has 1 aromatic heterocycles. The van der Waals surface area contributed by atoms with Crippen LogP contribution in [0.2, 0.25) is 0 Å². The topological polar surface area (TPSA) is 99.3 Å². The number of nitrogens with one attached hydrogen (secondary N) is 1. The first-order chi connectivity index (χ1) is 14.3. The summed E-state index contributed by atoms with van der Waals surface area (Å²) in [6.45, 7) is 4.86. The number of likely N-dealkylation sites (N-methyl/N-ethyl adjacent to an activating group) is 1. The molecule has 8 nitrogen and oxygen atoms in total. The second-order valence-corrected chi connectivity index (χ2v) is 10.6. The third kappa shape index (κ3) is 4.27. The van der Waals surface area contributed by atoms with Crippen molar-refractivity contribution in [1.82, 2.24) is 24.4 Å². The van der Waals surface area contributed by atoms with Crippen LogP contribution in [0.1, 0.15) is 60.3 Å². The molecular weight excluding hydrogens is 402 g/mol. The maximum Gasteiger partial charge on any atom is 0.243 e. The number of sulfonamides is 1. The zero-order valence-corrected chi connectivity index (χ0v) is 18.6. The largest absolute Gasteiger partial charge is 0.342 e. The quantitative estimate of drug-likeness (QED) is 0.757. The molecule has 1 amide bonds. The van der Waals surface area contributed by atoms with Crippen molar-refractivity contribution in [3.05, 3.63) is 41.0 Å². The fourth-order valence-electron chi connectivity index (χ4n) is 3.83. The van der Waals surface area contributed by atoms with Crippen LogP contribution in [0, 0.1) is 13.8 Å². The molecule has 1 aliphatic carbocycles. The highest BCUT2D eigenvalue weighted by Crippen LogP contribution is 2.38. The Hall–Kier alpha value is -2.26. The van der Waals surface area contributed by atoms with Crippen molar-refractivity contribution >= 4 is 15.9 Å². The van der Waals surface area contributed by atoms with Crippen molar-refractivity contribution in [1.29, 1.82) is 0 Å². The van der Waals surface area contributed by atoms with E-state index in [0.29, 0.717) is 19.0 Å². The van der Waals surface area contributed by atoms with E-state index in [1.807, 2.05) is 13.8 Å². The molecule has 0 radical (unpaired) electrons. The number of aromatic amines is 1. The molecule has 0 bridgehead atoms. The van der Waals surface area contributed by atoms with E-state index in [-0.39, 0.29) is 23.3 Å². The summed E-state index contributed by atoms with van der Waals surface area (Å²) in [4.78, 5) is 19.3. The molecule has 0 atom stereocenters. The second-order valence-electron chi connectivity index (χ2n) is 8.52. The lowest BCUT2D eigenvalue weighted by Gasteiger charge is -2.32. The van der Waals surface area contributed by atoms with Gasteiger partial charge in [0, 0.05) is 32.0 Å². The molecule has 1 saturated heterocycles. The average Bonchev–Trinajstić information content (AvgIpc) is 3.46. The van der Waals surface area contributed by atoms with E-state index in [4.69, 9.17) is 0 Å². The van der Waals surface area contributed by atoms with Gasteiger partial charge in [-0.2, -0.15) is 9.40 Å². The zero-order chi connectivity index (χ0) is 21.5. The van der Waals surface area contributed by atoms with E-state index < -0.39 is 10.0 Å². The highest BCUT2D eigenvalue weighted by molar-refractivity contribution is 7.89. The monoisotopic (exact) mass is 431 g/mol. The molecule has 9 heteroatoms. The number of hydrogen-bond donors (Lipinski definition) is 1. The van der Waals surface area contributed by atoms with Gasteiger partial charge in [0.05, 0.1) is 11.4 Å². The number of aryl methyl sites for hydroxylation is 2. The average molecular weight is 432 g/mol. The van der Waals surface area contributed by atoms with Crippen molar-refractivity contribution in [3.8, 4) is 0 Å². The minimum absolute atomic E-state index is 0.159. The lowest BCUT2D eigenvalue weighted by Crippen LogP contribution is -2.44. The molecule has 1 N–H and O–H groups in total. The first-order valence-corrected chi connectivity index (χ1v) is 11.9. The molecule has 4 rings (SSSR count). The van der Waals surface area contributed by atoms with Gasteiger partial charge < -0.3 is 4.90 Å². The van der Waals surface area contributed by atoms with Gasteiger partial charge in [0.2, 0.25) is 15.9 Å². The van der Waals surface area contributed by atoms with Crippen molar-refractivity contribution in [2.45, 2.75) is 56.3 Å². The fraction of sp³-hybridized carbons (Fsp3) is 0.571. The molecule has 0 spiro atoms. The molecule has 162 valence electrons. The summed E-state index contributed by atoms with van der Waals surface area (Å²) >= 11 is 0. The summed E-state index contributed by atoms with van der Waals surface area (Å²) < 4.78 is 26.8. The number of piperidine rings is 1. The third-order valence-electron chi connectivity index (χ3n) is 6.24. The fourth-order valence-corrected chi connectivity index (χ4v) is 5.03. The minimum Gasteiger partial charge on any atom is -0.342 e. The Labute approximate surface area is 177 Å². The van der Waals surface area contributed by atoms with E-state index in [1.54, 1.807) is 23.1 Å². The SMILES string of the molecule is Cc1ccc(S(=O)(=O)N(C)CC(=O)N2CCC(c3nc(C4CC4)n[nH]3)CC2)cc1C. The Balaban J connectivity index is 1.34. The van der Waals surface area contributed by atoms with Crippen molar-refractivity contribution in [2.24, 2.45) is 0 Å². The lowest BCUT2D eigenvalue weighted by molar-refractivity contribution is -0.132. The van der Waals surface area contributed by atoms with Crippen LogP contribution in [-0.2, 0) is 14.8 Å². The van der Waals surface area contributed by atoms with Gasteiger partial charge in [-0.1, -0.05) is 6.07 Å². The maximum absolute atomic E-state index is 12.8. The molecule has 1 aliphatic heterocycles. The Bertz CT molecular complexity index is 1040. The Morgan fingerprint density at radius 1 is 1.13 bits per heavy atom. The van der Waals surface area contributed by atoms with Crippen LogP contribution >= 0.6 is 0 Å². The molecule has 30 heavy (non-hydrogen) atoms. The number of likely N-dealkylation sites (tertiary alicyclic amines) is 1. The van der Waals surface area contributed by atoms with E-state index in [9.17, 15) is 13.2 Å². The molecule has 2 aliphatic rings. The van der Waals surface area contributed by atoms with E-state index in [2.05, 4.69) is 15.2 Å². The van der Waals surface area contributed by atoms with Gasteiger partial charge in [0.1, 0.15) is 5.82 Å². The van der Waals surface area contributed by atoms with Crippen LogP contribution in [0.4, 0.5) is 0 Å². The normalized spacial score (nSPS) is 18.2. The molecule has 1 saturated carbocycles. The maximum atomic E-state index is 12.8. The first-order valence-electron chi connectivity index (χ1n) is 10.5. The summed E-state index contributed by atoms with van der Waals surface area (Å²) in [5.74, 6) is 2.46. The number of nitrogens with zero attached hydrogens (tertiary/aromatic N) is 4. The summed E-state index contributed by atoms with van der Waals surface area (Å²) in [5.41, 5.74) is 1.95. The van der Waals surface area contributed by atoms with E-state index in [0.717, 1.165) is 39.9 Å². The van der Waals surface area contributed by atoms with Crippen molar-refractivity contribution in [3.63, 3.8) is 0 Å². The van der Waals surface area contributed by atoms with Crippen LogP contribution < -0.4 is 0 Å². The molecule has 2 heterocycles. The van der Waals surface area contributed by atoms with E-state index >= 15 is 0 Å². The van der Waals surface area contributed by atoms with Crippen LogP contribution in [0.25, 0.3) is 0 Å². The summed E-state index contributed by atoms with van der Waals surface area (Å²) in [6.07, 6.45) is 3.95. The van der Waals surface area contributed by atoms with Crippen molar-refractivity contribution in [2.75, 3.05) is 26.7 Å². The van der Waals surface area contributed by atoms with Gasteiger partial charge in [-0.3, -0.25) is 9.89 Å². The Kier molecular flexibility index (Phi) is 5.67. The number of carbonyl (C=O) groups is 1. The predicted molar refractivity (Wildman–Crippen MR) is 113 cm³/mol. The minimum atomic E-state index is -3.70. The smallest absolute Gasteiger partial charge is 0.243 e. The number of carbonyl (C=O) groups excluding carboxylic acids is 1. The molecule has 1 aromatic carbocycles.